The summed E-state index contributed by atoms with van der Waals surface area (Å²) in [6.45, 7) is 2.06. The lowest BCUT2D eigenvalue weighted by Crippen LogP contribution is -2.30. The van der Waals surface area contributed by atoms with Crippen LogP contribution in [0.3, 0.4) is 0 Å². The molecule has 2 heterocycles. The summed E-state index contributed by atoms with van der Waals surface area (Å²) in [5, 5.41) is 20.5. The van der Waals surface area contributed by atoms with Gasteiger partial charge in [-0.25, -0.2) is 0 Å². The topological polar surface area (TPSA) is 69.6 Å². The molecule has 25 heavy (non-hydrogen) atoms. The minimum Gasteiger partial charge on any atom is -0.267 e. The fourth-order valence-electron chi connectivity index (χ4n) is 2.39. The molecule has 3 aromatic rings. The standard InChI is InChI=1S/C19H13N3OS2/c1-2-13-5-7-15(8-6-13)22-18(23)17(10-16-4-3-9-24-16)25-19(22)14(11-20)12-21/h3-10H,2H2,1H3/b17-10-. The van der Waals surface area contributed by atoms with Crippen LogP contribution in [0.1, 0.15) is 17.4 Å². The normalized spacial score (nSPS) is 11.1. The van der Waals surface area contributed by atoms with E-state index in [4.69, 9.17) is 0 Å². The number of nitriles is 2. The van der Waals surface area contributed by atoms with Crippen LogP contribution in [-0.2, 0) is 6.42 Å². The van der Waals surface area contributed by atoms with Crippen molar-refractivity contribution in [1.82, 2.24) is 4.57 Å². The minimum atomic E-state index is -0.222. The van der Waals surface area contributed by atoms with Crippen molar-refractivity contribution in [3.8, 4) is 17.8 Å². The van der Waals surface area contributed by atoms with Crippen molar-refractivity contribution in [2.24, 2.45) is 0 Å². The molecular formula is C19H13N3OS2. The second kappa shape index (κ2) is 7.31. The number of hydrogen-bond donors (Lipinski definition) is 0. The molecule has 0 aliphatic carbocycles. The molecule has 0 aliphatic rings. The first-order valence-corrected chi connectivity index (χ1v) is 9.28. The summed E-state index contributed by atoms with van der Waals surface area (Å²) in [7, 11) is 0. The fourth-order valence-corrected chi connectivity index (χ4v) is 4.17. The van der Waals surface area contributed by atoms with Gasteiger partial charge in [0.25, 0.3) is 5.56 Å². The van der Waals surface area contributed by atoms with Crippen LogP contribution in [0.2, 0.25) is 0 Å². The van der Waals surface area contributed by atoms with E-state index in [0.29, 0.717) is 14.9 Å². The van der Waals surface area contributed by atoms with Crippen LogP contribution < -0.4 is 14.8 Å². The van der Waals surface area contributed by atoms with E-state index < -0.39 is 0 Å². The van der Waals surface area contributed by atoms with Crippen molar-refractivity contribution in [2.45, 2.75) is 13.3 Å². The van der Waals surface area contributed by atoms with Crippen LogP contribution in [0.25, 0.3) is 17.3 Å². The third-order valence-corrected chi connectivity index (χ3v) is 5.59. The molecule has 0 atom stereocenters. The smallest absolute Gasteiger partial charge is 0.267 e. The van der Waals surface area contributed by atoms with E-state index in [9.17, 15) is 15.3 Å². The second-order valence-corrected chi connectivity index (χ2v) is 7.20. The van der Waals surface area contributed by atoms with Gasteiger partial charge in [0.05, 0.1) is 10.2 Å². The van der Waals surface area contributed by atoms with Gasteiger partial charge in [0.1, 0.15) is 16.8 Å². The Morgan fingerprint density at radius 1 is 1.20 bits per heavy atom. The Balaban J connectivity index is 2.36. The number of thiophene rings is 1. The van der Waals surface area contributed by atoms with E-state index >= 15 is 0 Å². The van der Waals surface area contributed by atoms with Crippen LogP contribution >= 0.6 is 22.7 Å². The van der Waals surface area contributed by atoms with Crippen molar-refractivity contribution < 1.29 is 0 Å². The maximum atomic E-state index is 12.9. The molecule has 3 rings (SSSR count). The highest BCUT2D eigenvalue weighted by Gasteiger charge is 2.11. The number of rotatable bonds is 3. The molecule has 4 nitrogen and oxygen atoms in total. The zero-order chi connectivity index (χ0) is 17.8. The third-order valence-electron chi connectivity index (χ3n) is 3.68. The van der Waals surface area contributed by atoms with Gasteiger partial charge < -0.3 is 0 Å². The molecule has 122 valence electrons. The number of hydrogen-bond acceptors (Lipinski definition) is 5. The van der Waals surface area contributed by atoms with Crippen LogP contribution in [0.5, 0.6) is 0 Å². The van der Waals surface area contributed by atoms with Gasteiger partial charge in [-0.05, 0) is 41.6 Å². The van der Waals surface area contributed by atoms with Crippen molar-refractivity contribution in [2.75, 3.05) is 0 Å². The van der Waals surface area contributed by atoms with Gasteiger partial charge in [-0.2, -0.15) is 10.5 Å². The molecule has 0 spiro atoms. The van der Waals surface area contributed by atoms with Crippen LogP contribution in [0, 0.1) is 22.7 Å². The highest BCUT2D eigenvalue weighted by molar-refractivity contribution is 7.11. The zero-order valence-corrected chi connectivity index (χ0v) is 15.0. The number of nitrogens with zero attached hydrogens (tertiary/aromatic N) is 3. The highest BCUT2D eigenvalue weighted by atomic mass is 32.1. The largest absolute Gasteiger partial charge is 0.273 e. The molecule has 0 N–H and O–H groups in total. The first-order chi connectivity index (χ1) is 12.2. The van der Waals surface area contributed by atoms with Crippen LogP contribution in [-0.4, -0.2) is 4.57 Å². The Morgan fingerprint density at radius 3 is 2.48 bits per heavy atom. The average Bonchev–Trinajstić information content (AvgIpc) is 3.26. The van der Waals surface area contributed by atoms with E-state index in [1.807, 2.05) is 53.9 Å². The van der Waals surface area contributed by atoms with Gasteiger partial charge in [-0.3, -0.25) is 9.36 Å². The van der Waals surface area contributed by atoms with E-state index in [2.05, 4.69) is 6.92 Å². The fraction of sp³-hybridized carbons (Fsp3) is 0.105. The van der Waals surface area contributed by atoms with Gasteiger partial charge in [-0.15, -0.1) is 22.7 Å². The first-order valence-electron chi connectivity index (χ1n) is 7.58. The molecule has 0 amide bonds. The predicted octanol–water partition coefficient (Wildman–Crippen LogP) is 2.55. The number of benzene rings is 1. The average molecular weight is 363 g/mol. The Morgan fingerprint density at radius 2 is 1.92 bits per heavy atom. The maximum absolute atomic E-state index is 12.9. The van der Waals surface area contributed by atoms with E-state index in [-0.39, 0.29) is 11.1 Å². The van der Waals surface area contributed by atoms with Gasteiger partial charge in [0.2, 0.25) is 0 Å². The molecule has 0 bridgehead atoms. The van der Waals surface area contributed by atoms with Gasteiger partial charge in [0, 0.05) is 4.88 Å². The van der Waals surface area contributed by atoms with Crippen molar-refractivity contribution in [1.29, 1.82) is 10.5 Å². The Labute approximate surface area is 152 Å². The van der Waals surface area contributed by atoms with Crippen molar-refractivity contribution in [3.63, 3.8) is 0 Å². The summed E-state index contributed by atoms with van der Waals surface area (Å²) in [4.78, 5) is 13.9. The number of thiazole rings is 1. The Hall–Kier alpha value is -2.93. The minimum absolute atomic E-state index is 0.0625. The van der Waals surface area contributed by atoms with E-state index in [1.165, 1.54) is 27.2 Å². The lowest BCUT2D eigenvalue weighted by molar-refractivity contribution is 0.983. The molecule has 0 saturated heterocycles. The molecule has 0 unspecified atom stereocenters. The van der Waals surface area contributed by atoms with Crippen LogP contribution in [0.15, 0.2) is 46.6 Å². The van der Waals surface area contributed by atoms with Crippen molar-refractivity contribution >= 4 is 34.3 Å². The zero-order valence-electron chi connectivity index (χ0n) is 13.4. The summed E-state index contributed by atoms with van der Waals surface area (Å²) < 4.78 is 2.31. The summed E-state index contributed by atoms with van der Waals surface area (Å²) in [5.41, 5.74) is 1.53. The van der Waals surface area contributed by atoms with Gasteiger partial charge in [0.15, 0.2) is 5.57 Å². The Kier molecular flexibility index (Phi) is 4.95. The molecular weight excluding hydrogens is 350 g/mol. The molecule has 0 saturated carbocycles. The molecule has 0 fully saturated rings. The third kappa shape index (κ3) is 3.32. The van der Waals surface area contributed by atoms with E-state index in [0.717, 1.165) is 16.9 Å². The summed E-state index contributed by atoms with van der Waals surface area (Å²) in [5.74, 6) is 0. The predicted molar refractivity (Wildman–Crippen MR) is 101 cm³/mol. The van der Waals surface area contributed by atoms with Crippen LogP contribution in [0.4, 0.5) is 0 Å². The van der Waals surface area contributed by atoms with E-state index in [1.54, 1.807) is 6.08 Å². The second-order valence-electron chi connectivity index (χ2n) is 5.19. The molecule has 0 aliphatic heterocycles. The summed E-state index contributed by atoms with van der Waals surface area (Å²) in [6.07, 6.45) is 2.70. The van der Waals surface area contributed by atoms with Crippen molar-refractivity contribution in [3.05, 3.63) is 71.8 Å². The lowest BCUT2D eigenvalue weighted by atomic mass is 10.1. The molecule has 0 radical (unpaired) electrons. The van der Waals surface area contributed by atoms with Gasteiger partial charge >= 0.3 is 0 Å². The SMILES string of the molecule is CCc1ccc(-n2c(=C(C#N)C#N)s/c(=C\c3cccs3)c2=O)cc1. The summed E-state index contributed by atoms with van der Waals surface area (Å²) >= 11 is 2.69. The Bertz CT molecular complexity index is 1140. The molecule has 6 heteroatoms. The molecule has 1 aromatic carbocycles. The maximum Gasteiger partial charge on any atom is 0.273 e. The number of aromatic nitrogens is 1. The number of aryl methyl sites for hydroxylation is 1. The molecule has 2 aromatic heterocycles. The first kappa shape index (κ1) is 16.9. The van der Waals surface area contributed by atoms with Gasteiger partial charge in [-0.1, -0.05) is 25.1 Å². The quantitative estimate of drug-likeness (QED) is 0.718. The monoisotopic (exact) mass is 363 g/mol. The summed E-state index contributed by atoms with van der Waals surface area (Å²) in [6, 6.07) is 15.2. The highest BCUT2D eigenvalue weighted by Crippen LogP contribution is 2.10. The lowest BCUT2D eigenvalue weighted by Gasteiger charge is -2.03.